The monoisotopic (exact) mass is 411 g/mol. The van der Waals surface area contributed by atoms with Crippen molar-refractivity contribution in [3.8, 4) is 17.1 Å². The molecule has 5 rings (SSSR count). The largest absolute Gasteiger partial charge is 0.296 e. The van der Waals surface area contributed by atoms with Crippen LogP contribution in [0.25, 0.3) is 23.2 Å². The predicted octanol–water partition coefficient (Wildman–Crippen LogP) is 6.99. The lowest BCUT2D eigenvalue weighted by atomic mass is 9.75. The summed E-state index contributed by atoms with van der Waals surface area (Å²) >= 11 is 0. The van der Waals surface area contributed by atoms with Crippen LogP contribution >= 0.6 is 0 Å². The van der Waals surface area contributed by atoms with Crippen molar-refractivity contribution in [2.24, 2.45) is 5.92 Å². The summed E-state index contributed by atoms with van der Waals surface area (Å²) in [6, 6.07) is 15.5. The first-order valence-corrected chi connectivity index (χ1v) is 11.9. The average Bonchev–Trinajstić information content (AvgIpc) is 3.26. The van der Waals surface area contributed by atoms with Gasteiger partial charge in [-0.1, -0.05) is 55.7 Å². The van der Waals surface area contributed by atoms with E-state index in [2.05, 4.69) is 98.4 Å². The lowest BCUT2D eigenvalue weighted by Gasteiger charge is -2.34. The van der Waals surface area contributed by atoms with Crippen LogP contribution in [-0.2, 0) is 5.54 Å². The van der Waals surface area contributed by atoms with Crippen LogP contribution in [0.1, 0.15) is 67.1 Å². The van der Waals surface area contributed by atoms with Gasteiger partial charge in [0.15, 0.2) is 11.4 Å². The zero-order valence-electron chi connectivity index (χ0n) is 19.7. The number of aromatic nitrogens is 2. The SMILES string of the molecule is Cc1ccccc1-n1c(C)c2[n+](c1-c1c(C)cccc1C)C(C)(C1CCCCC1)C=C2. The fraction of sp³-hybridized carbons (Fsp3) is 0.414. The zero-order chi connectivity index (χ0) is 21.8. The minimum Gasteiger partial charge on any atom is -0.214 e. The highest BCUT2D eigenvalue weighted by atomic mass is 15.2. The highest BCUT2D eigenvalue weighted by molar-refractivity contribution is 5.68. The van der Waals surface area contributed by atoms with Crippen LogP contribution in [0.4, 0.5) is 0 Å². The van der Waals surface area contributed by atoms with Crippen LogP contribution in [0.3, 0.4) is 0 Å². The van der Waals surface area contributed by atoms with Crippen molar-refractivity contribution in [2.75, 3.05) is 0 Å². The molecule has 2 heterocycles. The number of allylic oxidation sites excluding steroid dienone is 1. The molecule has 1 aromatic heterocycles. The normalized spacial score (nSPS) is 20.9. The number of nitrogens with zero attached hydrogens (tertiary/aromatic N) is 2. The molecule has 2 aliphatic rings. The molecular formula is C29H35N2+. The van der Waals surface area contributed by atoms with Gasteiger partial charge in [-0.05, 0) is 75.4 Å². The molecule has 0 saturated heterocycles. The van der Waals surface area contributed by atoms with E-state index >= 15 is 0 Å². The van der Waals surface area contributed by atoms with Gasteiger partial charge < -0.3 is 0 Å². The van der Waals surface area contributed by atoms with Crippen LogP contribution in [0.5, 0.6) is 0 Å². The second kappa shape index (κ2) is 7.51. The third-order valence-electron chi connectivity index (χ3n) is 7.92. The van der Waals surface area contributed by atoms with Crippen LogP contribution in [-0.4, -0.2) is 4.57 Å². The Labute approximate surface area is 187 Å². The summed E-state index contributed by atoms with van der Waals surface area (Å²) in [6.45, 7) is 11.5. The molecule has 160 valence electrons. The Balaban J connectivity index is 1.86. The molecule has 1 aliphatic heterocycles. The van der Waals surface area contributed by atoms with Crippen LogP contribution < -0.4 is 4.57 Å². The first-order valence-electron chi connectivity index (χ1n) is 11.9. The highest BCUT2D eigenvalue weighted by Gasteiger charge is 2.48. The molecule has 1 atom stereocenters. The third-order valence-corrected chi connectivity index (χ3v) is 7.92. The molecule has 1 unspecified atom stereocenters. The van der Waals surface area contributed by atoms with Gasteiger partial charge in [-0.25, -0.2) is 4.57 Å². The quantitative estimate of drug-likeness (QED) is 0.411. The minimum atomic E-state index is 0.0263. The summed E-state index contributed by atoms with van der Waals surface area (Å²) in [5, 5.41) is 0. The van der Waals surface area contributed by atoms with E-state index in [9.17, 15) is 0 Å². The summed E-state index contributed by atoms with van der Waals surface area (Å²) in [5.74, 6) is 2.04. The zero-order valence-corrected chi connectivity index (χ0v) is 19.7. The molecule has 2 nitrogen and oxygen atoms in total. The summed E-state index contributed by atoms with van der Waals surface area (Å²) in [6.07, 6.45) is 11.7. The number of fused-ring (bicyclic) bond motifs is 1. The Bertz CT molecular complexity index is 1150. The van der Waals surface area contributed by atoms with Gasteiger partial charge in [0.05, 0.1) is 5.56 Å². The maximum absolute atomic E-state index is 2.69. The number of hydrogen-bond acceptors (Lipinski definition) is 0. The van der Waals surface area contributed by atoms with Crippen molar-refractivity contribution in [3.63, 3.8) is 0 Å². The Morgan fingerprint density at radius 1 is 0.839 bits per heavy atom. The van der Waals surface area contributed by atoms with Gasteiger partial charge in [-0.15, -0.1) is 0 Å². The molecule has 1 saturated carbocycles. The van der Waals surface area contributed by atoms with Crippen molar-refractivity contribution >= 4 is 6.08 Å². The van der Waals surface area contributed by atoms with Gasteiger partial charge in [0.1, 0.15) is 11.2 Å². The minimum absolute atomic E-state index is 0.0263. The molecule has 0 spiro atoms. The first kappa shape index (κ1) is 20.3. The molecule has 2 aromatic carbocycles. The fourth-order valence-corrected chi connectivity index (χ4v) is 6.16. The Morgan fingerprint density at radius 2 is 1.48 bits per heavy atom. The fourth-order valence-electron chi connectivity index (χ4n) is 6.16. The molecule has 1 aliphatic carbocycles. The van der Waals surface area contributed by atoms with E-state index < -0.39 is 0 Å². The van der Waals surface area contributed by atoms with Crippen molar-refractivity contribution in [3.05, 3.63) is 76.6 Å². The van der Waals surface area contributed by atoms with Crippen LogP contribution in [0.2, 0.25) is 0 Å². The molecule has 31 heavy (non-hydrogen) atoms. The molecule has 1 fully saturated rings. The van der Waals surface area contributed by atoms with Crippen LogP contribution in [0.15, 0.2) is 48.5 Å². The van der Waals surface area contributed by atoms with E-state index in [0.717, 1.165) is 0 Å². The van der Waals surface area contributed by atoms with Gasteiger partial charge in [0.2, 0.25) is 0 Å². The number of para-hydroxylation sites is 1. The maximum Gasteiger partial charge on any atom is 0.296 e. The number of imidazole rings is 1. The van der Waals surface area contributed by atoms with E-state index in [0.29, 0.717) is 5.92 Å². The summed E-state index contributed by atoms with van der Waals surface area (Å²) < 4.78 is 5.23. The van der Waals surface area contributed by atoms with E-state index in [4.69, 9.17) is 0 Å². The first-order chi connectivity index (χ1) is 14.9. The van der Waals surface area contributed by atoms with Crippen molar-refractivity contribution in [1.82, 2.24) is 4.57 Å². The number of aryl methyl sites for hydroxylation is 3. The van der Waals surface area contributed by atoms with Crippen molar-refractivity contribution in [2.45, 2.75) is 72.3 Å². The standard InChI is InChI=1S/C29H35N2/c1-20-12-9-10-17-25(20)30-23(4)26-18-19-29(5,24-15-7-6-8-16-24)31(26)28(30)27-21(2)13-11-14-22(27)3/h9-14,17-19,24H,6-8,15-16H2,1-5H3/q+1. The van der Waals surface area contributed by atoms with Crippen molar-refractivity contribution in [1.29, 1.82) is 0 Å². The summed E-state index contributed by atoms with van der Waals surface area (Å²) in [7, 11) is 0. The molecule has 0 bridgehead atoms. The molecular weight excluding hydrogens is 376 g/mol. The number of hydrogen-bond donors (Lipinski definition) is 0. The molecule has 0 amide bonds. The van der Waals surface area contributed by atoms with Gasteiger partial charge in [0.25, 0.3) is 5.82 Å². The topological polar surface area (TPSA) is 8.81 Å². The van der Waals surface area contributed by atoms with E-state index in [1.165, 1.54) is 77.3 Å². The molecule has 0 N–H and O–H groups in total. The van der Waals surface area contributed by atoms with Gasteiger partial charge >= 0.3 is 0 Å². The number of benzene rings is 2. The Kier molecular flexibility index (Phi) is 4.92. The van der Waals surface area contributed by atoms with E-state index in [1.54, 1.807) is 0 Å². The van der Waals surface area contributed by atoms with E-state index in [1.807, 2.05) is 0 Å². The van der Waals surface area contributed by atoms with Gasteiger partial charge in [-0.3, -0.25) is 0 Å². The second-order valence-electron chi connectivity index (χ2n) is 9.91. The van der Waals surface area contributed by atoms with Crippen LogP contribution in [0, 0.1) is 33.6 Å². The highest BCUT2D eigenvalue weighted by Crippen LogP contribution is 2.42. The third kappa shape index (κ3) is 3.03. The predicted molar refractivity (Wildman–Crippen MR) is 130 cm³/mol. The molecule has 0 radical (unpaired) electrons. The lowest BCUT2D eigenvalue weighted by molar-refractivity contribution is -0.744. The Hall–Kier alpha value is -2.61. The Morgan fingerprint density at radius 3 is 2.16 bits per heavy atom. The van der Waals surface area contributed by atoms with Gasteiger partial charge in [-0.2, -0.15) is 4.57 Å². The molecule has 3 aromatic rings. The maximum atomic E-state index is 2.69. The smallest absolute Gasteiger partial charge is 0.214 e. The second-order valence-corrected chi connectivity index (χ2v) is 9.91. The summed E-state index contributed by atoms with van der Waals surface area (Å²) in [5.41, 5.74) is 9.41. The lowest BCUT2D eigenvalue weighted by Crippen LogP contribution is -2.57. The van der Waals surface area contributed by atoms with E-state index in [-0.39, 0.29) is 5.54 Å². The molecule has 2 heteroatoms. The van der Waals surface area contributed by atoms with Gasteiger partial charge in [0, 0.05) is 12.8 Å². The van der Waals surface area contributed by atoms with Crippen molar-refractivity contribution < 1.29 is 4.57 Å². The average molecular weight is 412 g/mol. The summed E-state index contributed by atoms with van der Waals surface area (Å²) in [4.78, 5) is 0. The number of rotatable bonds is 3.